The predicted octanol–water partition coefficient (Wildman–Crippen LogP) is 2.08. The fraction of sp³-hybridized carbons (Fsp3) is 0.421. The lowest BCUT2D eigenvalue weighted by Crippen LogP contribution is -2.50. The van der Waals surface area contributed by atoms with Crippen molar-refractivity contribution in [2.45, 2.75) is 20.3 Å². The zero-order valence-electron chi connectivity index (χ0n) is 15.5. The van der Waals surface area contributed by atoms with Crippen LogP contribution in [0.3, 0.4) is 0 Å². The maximum Gasteiger partial charge on any atom is 0.259 e. The number of nitrogens with zero attached hydrogens (tertiary/aromatic N) is 3. The number of hydrogen-bond donors (Lipinski definition) is 1. The molecule has 7 nitrogen and oxygen atoms in total. The molecule has 2 amide bonds. The second-order valence-corrected chi connectivity index (χ2v) is 6.54. The molecular formula is C19H23FN4O3. The Morgan fingerprint density at radius 1 is 1.26 bits per heavy atom. The Balaban J connectivity index is 1.52. The number of piperazine rings is 1. The monoisotopic (exact) mass is 374 g/mol. The average Bonchev–Trinajstić information content (AvgIpc) is 3.02. The van der Waals surface area contributed by atoms with E-state index in [0.717, 1.165) is 0 Å². The van der Waals surface area contributed by atoms with Crippen LogP contribution >= 0.6 is 0 Å². The van der Waals surface area contributed by atoms with Crippen LogP contribution in [0, 0.1) is 12.7 Å². The van der Waals surface area contributed by atoms with Crippen LogP contribution in [0.5, 0.6) is 0 Å². The van der Waals surface area contributed by atoms with E-state index < -0.39 is 5.82 Å². The number of carbonyl (C=O) groups is 2. The molecule has 1 aliphatic heterocycles. The summed E-state index contributed by atoms with van der Waals surface area (Å²) in [5.41, 5.74) is 1.66. The van der Waals surface area contributed by atoms with Gasteiger partial charge in [-0.15, -0.1) is 0 Å². The average molecular weight is 374 g/mol. The minimum Gasteiger partial charge on any atom is -0.361 e. The van der Waals surface area contributed by atoms with Gasteiger partial charge in [-0.1, -0.05) is 18.1 Å². The molecule has 0 unspecified atom stereocenters. The highest BCUT2D eigenvalue weighted by Gasteiger charge is 2.27. The molecule has 1 aromatic heterocycles. The van der Waals surface area contributed by atoms with Crippen LogP contribution in [0.15, 0.2) is 28.8 Å². The standard InChI is InChI=1S/C19H23FN4O3/c1-3-16-18(13(2)27-22-16)19(26)24-9-7-23(8-10-24)12-17(25)21-15-6-4-5-14(20)11-15/h4-6,11H,3,7-10,12H2,1-2H3,(H,21,25). The fourth-order valence-corrected chi connectivity index (χ4v) is 3.17. The van der Waals surface area contributed by atoms with Crippen molar-refractivity contribution in [1.82, 2.24) is 15.0 Å². The van der Waals surface area contributed by atoms with Crippen molar-refractivity contribution in [2.75, 3.05) is 38.0 Å². The number of anilines is 1. The van der Waals surface area contributed by atoms with Crippen LogP contribution in [-0.2, 0) is 11.2 Å². The van der Waals surface area contributed by atoms with Crippen LogP contribution in [0.2, 0.25) is 0 Å². The van der Waals surface area contributed by atoms with Gasteiger partial charge in [0.25, 0.3) is 5.91 Å². The summed E-state index contributed by atoms with van der Waals surface area (Å²) in [7, 11) is 0. The van der Waals surface area contributed by atoms with Crippen LogP contribution < -0.4 is 5.32 Å². The molecule has 1 aliphatic rings. The Hall–Kier alpha value is -2.74. The fourth-order valence-electron chi connectivity index (χ4n) is 3.17. The van der Waals surface area contributed by atoms with Gasteiger partial charge in [-0.3, -0.25) is 14.5 Å². The molecule has 3 rings (SSSR count). The maximum absolute atomic E-state index is 13.2. The van der Waals surface area contributed by atoms with Gasteiger partial charge in [-0.25, -0.2) is 4.39 Å². The normalized spacial score (nSPS) is 15.0. The van der Waals surface area contributed by atoms with Gasteiger partial charge in [0.05, 0.1) is 12.2 Å². The largest absolute Gasteiger partial charge is 0.361 e. The molecule has 1 aromatic carbocycles. The number of carbonyl (C=O) groups excluding carboxylic acids is 2. The van der Waals surface area contributed by atoms with Crippen molar-refractivity contribution in [3.8, 4) is 0 Å². The quantitative estimate of drug-likeness (QED) is 0.867. The van der Waals surface area contributed by atoms with Crippen LogP contribution in [0.4, 0.5) is 10.1 Å². The Kier molecular flexibility index (Phi) is 5.85. The predicted molar refractivity (Wildman–Crippen MR) is 98.0 cm³/mol. The molecule has 8 heteroatoms. The smallest absolute Gasteiger partial charge is 0.259 e. The molecule has 0 aliphatic carbocycles. The van der Waals surface area contributed by atoms with Crippen LogP contribution in [-0.4, -0.2) is 59.5 Å². The molecule has 2 aromatic rings. The number of hydrogen-bond acceptors (Lipinski definition) is 5. The molecule has 2 heterocycles. The van der Waals surface area contributed by atoms with Gasteiger partial charge >= 0.3 is 0 Å². The van der Waals surface area contributed by atoms with Gasteiger partial charge in [0.2, 0.25) is 5.91 Å². The summed E-state index contributed by atoms with van der Waals surface area (Å²) in [4.78, 5) is 28.6. The van der Waals surface area contributed by atoms with Crippen molar-refractivity contribution in [3.05, 3.63) is 47.1 Å². The van der Waals surface area contributed by atoms with Crippen LogP contribution in [0.1, 0.15) is 28.7 Å². The van der Waals surface area contributed by atoms with E-state index in [1.807, 2.05) is 11.8 Å². The van der Waals surface area contributed by atoms with E-state index in [9.17, 15) is 14.0 Å². The number of benzene rings is 1. The minimum atomic E-state index is -0.393. The molecule has 144 valence electrons. The second kappa shape index (κ2) is 8.30. The van der Waals surface area contributed by atoms with Crippen molar-refractivity contribution < 1.29 is 18.5 Å². The first kappa shape index (κ1) is 19.0. The maximum atomic E-state index is 13.2. The van der Waals surface area contributed by atoms with E-state index in [0.29, 0.717) is 55.3 Å². The SMILES string of the molecule is CCc1noc(C)c1C(=O)N1CCN(CC(=O)Nc2cccc(F)c2)CC1. The molecule has 1 saturated heterocycles. The van der Waals surface area contributed by atoms with Gasteiger partial charge in [-0.2, -0.15) is 0 Å². The second-order valence-electron chi connectivity index (χ2n) is 6.54. The molecule has 1 N–H and O–H groups in total. The molecule has 0 saturated carbocycles. The number of aromatic nitrogens is 1. The Bertz CT molecular complexity index is 828. The van der Waals surface area contributed by atoms with E-state index >= 15 is 0 Å². The molecular weight excluding hydrogens is 351 g/mol. The van der Waals surface area contributed by atoms with Gasteiger partial charge in [0.15, 0.2) is 0 Å². The van der Waals surface area contributed by atoms with E-state index in [2.05, 4.69) is 10.5 Å². The summed E-state index contributed by atoms with van der Waals surface area (Å²) in [5, 5.41) is 6.63. The topological polar surface area (TPSA) is 78.7 Å². The van der Waals surface area contributed by atoms with Crippen molar-refractivity contribution >= 4 is 17.5 Å². The molecule has 0 bridgehead atoms. The number of rotatable bonds is 5. The van der Waals surface area contributed by atoms with Crippen molar-refractivity contribution in [2.24, 2.45) is 0 Å². The van der Waals surface area contributed by atoms with E-state index in [4.69, 9.17) is 4.52 Å². The molecule has 0 spiro atoms. The summed E-state index contributed by atoms with van der Waals surface area (Å²) in [6.07, 6.45) is 0.638. The van der Waals surface area contributed by atoms with E-state index in [1.165, 1.54) is 12.1 Å². The summed E-state index contributed by atoms with van der Waals surface area (Å²) in [5.74, 6) is -0.137. The van der Waals surface area contributed by atoms with Gasteiger partial charge in [0, 0.05) is 31.9 Å². The summed E-state index contributed by atoms with van der Waals surface area (Å²) >= 11 is 0. The first-order valence-corrected chi connectivity index (χ1v) is 9.00. The number of halogens is 1. The van der Waals surface area contributed by atoms with Crippen LogP contribution in [0.25, 0.3) is 0 Å². The zero-order chi connectivity index (χ0) is 19.4. The Morgan fingerprint density at radius 3 is 2.67 bits per heavy atom. The third kappa shape index (κ3) is 4.51. The Labute approximate surface area is 157 Å². The number of aryl methyl sites for hydroxylation is 2. The lowest BCUT2D eigenvalue weighted by molar-refractivity contribution is -0.117. The summed E-state index contributed by atoms with van der Waals surface area (Å²) in [6, 6.07) is 5.80. The highest BCUT2D eigenvalue weighted by molar-refractivity contribution is 5.96. The lowest BCUT2D eigenvalue weighted by Gasteiger charge is -2.34. The minimum absolute atomic E-state index is 0.0746. The third-order valence-electron chi connectivity index (χ3n) is 4.62. The first-order valence-electron chi connectivity index (χ1n) is 9.00. The first-order chi connectivity index (χ1) is 13.0. The molecule has 27 heavy (non-hydrogen) atoms. The van der Waals surface area contributed by atoms with E-state index in [-0.39, 0.29) is 18.4 Å². The van der Waals surface area contributed by atoms with Gasteiger partial charge in [0.1, 0.15) is 17.1 Å². The van der Waals surface area contributed by atoms with Crippen molar-refractivity contribution in [1.29, 1.82) is 0 Å². The summed E-state index contributed by atoms with van der Waals surface area (Å²) < 4.78 is 18.3. The number of amides is 2. The third-order valence-corrected chi connectivity index (χ3v) is 4.62. The van der Waals surface area contributed by atoms with Gasteiger partial charge in [-0.05, 0) is 31.5 Å². The molecule has 0 atom stereocenters. The highest BCUT2D eigenvalue weighted by Crippen LogP contribution is 2.18. The molecule has 0 radical (unpaired) electrons. The van der Waals surface area contributed by atoms with E-state index in [1.54, 1.807) is 24.0 Å². The highest BCUT2D eigenvalue weighted by atomic mass is 19.1. The zero-order valence-corrected chi connectivity index (χ0v) is 15.5. The molecule has 1 fully saturated rings. The summed E-state index contributed by atoms with van der Waals surface area (Å²) in [6.45, 7) is 6.11. The van der Waals surface area contributed by atoms with Crippen molar-refractivity contribution in [3.63, 3.8) is 0 Å². The van der Waals surface area contributed by atoms with Gasteiger partial charge < -0.3 is 14.7 Å². The Morgan fingerprint density at radius 2 is 2.00 bits per heavy atom. The lowest BCUT2D eigenvalue weighted by atomic mass is 10.1. The number of nitrogens with one attached hydrogen (secondary N) is 1.